The number of aryl methyl sites for hydroxylation is 1. The first-order valence-corrected chi connectivity index (χ1v) is 11.1. The van der Waals surface area contributed by atoms with E-state index < -0.39 is 0 Å². The minimum absolute atomic E-state index is 0.218. The van der Waals surface area contributed by atoms with Crippen molar-refractivity contribution in [3.63, 3.8) is 0 Å². The van der Waals surface area contributed by atoms with E-state index in [0.717, 1.165) is 28.2 Å². The quantitative estimate of drug-likeness (QED) is 0.395. The second-order valence-corrected chi connectivity index (χ2v) is 8.12. The predicted molar refractivity (Wildman–Crippen MR) is 133 cm³/mol. The number of rotatable bonds is 6. The molecular weight excluding hydrogens is 444 g/mol. The molecule has 2 aromatic carbocycles. The van der Waals surface area contributed by atoms with Crippen LogP contribution >= 0.6 is 0 Å². The van der Waals surface area contributed by atoms with Crippen molar-refractivity contribution in [3.05, 3.63) is 83.2 Å². The van der Waals surface area contributed by atoms with Crippen LogP contribution < -0.4 is 20.1 Å². The lowest BCUT2D eigenvalue weighted by Crippen LogP contribution is -2.07. The van der Waals surface area contributed by atoms with Gasteiger partial charge in [-0.2, -0.15) is 5.10 Å². The molecule has 0 unspecified atom stereocenters. The topological polar surface area (TPSA) is 103 Å². The zero-order chi connectivity index (χ0) is 24.4. The van der Waals surface area contributed by atoms with E-state index in [1.54, 1.807) is 10.8 Å². The van der Waals surface area contributed by atoms with E-state index in [2.05, 4.69) is 25.9 Å². The number of ether oxygens (including phenoxy) is 2. The van der Waals surface area contributed by atoms with E-state index in [-0.39, 0.29) is 12.7 Å². The van der Waals surface area contributed by atoms with Gasteiger partial charge in [-0.3, -0.25) is 4.79 Å². The summed E-state index contributed by atoms with van der Waals surface area (Å²) in [5.41, 5.74) is 5.51. The Morgan fingerprint density at radius 2 is 1.71 bits per heavy atom. The fraction of sp³-hybridized carbons (Fsp3) is 0.154. The summed E-state index contributed by atoms with van der Waals surface area (Å²) in [6.45, 7) is 6.25. The molecule has 176 valence electrons. The van der Waals surface area contributed by atoms with Gasteiger partial charge in [0.25, 0.3) is 0 Å². The van der Waals surface area contributed by atoms with Crippen molar-refractivity contribution in [2.24, 2.45) is 0 Å². The number of carbonyl (C=O) groups excluding carboxylic acids is 1. The molecule has 5 rings (SSSR count). The second-order valence-electron chi connectivity index (χ2n) is 8.12. The van der Waals surface area contributed by atoms with Crippen LogP contribution in [0.25, 0.3) is 11.9 Å². The zero-order valence-electron chi connectivity index (χ0n) is 19.6. The van der Waals surface area contributed by atoms with Crippen LogP contribution in [0.1, 0.15) is 22.5 Å². The lowest BCUT2D eigenvalue weighted by Gasteiger charge is -2.08. The number of hydrogen-bond donors (Lipinski definition) is 2. The minimum Gasteiger partial charge on any atom is -0.454 e. The maximum atomic E-state index is 12.3. The van der Waals surface area contributed by atoms with Crippen LogP contribution in [0, 0.1) is 20.8 Å². The highest BCUT2D eigenvalue weighted by Crippen LogP contribution is 2.32. The van der Waals surface area contributed by atoms with Gasteiger partial charge in [0.15, 0.2) is 23.1 Å². The van der Waals surface area contributed by atoms with Crippen molar-refractivity contribution in [1.29, 1.82) is 0 Å². The summed E-state index contributed by atoms with van der Waals surface area (Å²) in [6, 6.07) is 16.6. The number of nitrogens with zero attached hydrogens (tertiary/aromatic N) is 4. The van der Waals surface area contributed by atoms with Gasteiger partial charge in [0.05, 0.1) is 5.69 Å². The molecule has 3 heterocycles. The molecule has 0 fully saturated rings. The van der Waals surface area contributed by atoms with E-state index in [9.17, 15) is 4.79 Å². The molecule has 0 aliphatic carbocycles. The SMILES string of the molecule is Cc1nn(-c2ccc(Nc3ccc(NC(=O)/C=C/c4ccc5c(c4)OCO5)cc3)nn2)c(C)c1C. The maximum absolute atomic E-state index is 12.3. The average molecular weight is 469 g/mol. The van der Waals surface area contributed by atoms with Crippen LogP contribution in [0.4, 0.5) is 17.2 Å². The Bertz CT molecular complexity index is 1410. The van der Waals surface area contributed by atoms with E-state index in [4.69, 9.17) is 9.47 Å². The standard InChI is InChI=1S/C26H24N6O3/c1-16-17(2)31-32(18(16)3)25-12-11-24(29-30-25)27-20-6-8-21(9-7-20)28-26(33)13-5-19-4-10-22-23(14-19)35-15-34-22/h4-14H,15H2,1-3H3,(H,27,29)(H,28,33)/b13-5+. The summed E-state index contributed by atoms with van der Waals surface area (Å²) in [5.74, 6) is 2.42. The van der Waals surface area contributed by atoms with Crippen LogP contribution in [0.3, 0.4) is 0 Å². The summed E-state index contributed by atoms with van der Waals surface area (Å²) in [7, 11) is 0. The Hall–Kier alpha value is -4.66. The summed E-state index contributed by atoms with van der Waals surface area (Å²) in [6.07, 6.45) is 3.20. The van der Waals surface area contributed by atoms with E-state index >= 15 is 0 Å². The van der Waals surface area contributed by atoms with Crippen LogP contribution in [0.2, 0.25) is 0 Å². The van der Waals surface area contributed by atoms with Gasteiger partial charge in [0.1, 0.15) is 0 Å². The van der Waals surface area contributed by atoms with Gasteiger partial charge in [-0.25, -0.2) is 4.68 Å². The number of anilines is 3. The van der Waals surface area contributed by atoms with Crippen molar-refractivity contribution >= 4 is 29.2 Å². The third-order valence-electron chi connectivity index (χ3n) is 5.77. The molecule has 9 heteroatoms. The molecule has 2 aromatic heterocycles. The van der Waals surface area contributed by atoms with Crippen LogP contribution in [0.15, 0.2) is 60.7 Å². The summed E-state index contributed by atoms with van der Waals surface area (Å²) in [5, 5.41) is 19.1. The fourth-order valence-corrected chi connectivity index (χ4v) is 3.61. The first kappa shape index (κ1) is 22.1. The second kappa shape index (κ2) is 9.30. The molecule has 0 atom stereocenters. The molecule has 1 aliphatic rings. The molecule has 4 aromatic rings. The number of amides is 1. The third-order valence-corrected chi connectivity index (χ3v) is 5.77. The van der Waals surface area contributed by atoms with Crippen molar-refractivity contribution in [2.45, 2.75) is 20.8 Å². The molecule has 0 bridgehead atoms. The Morgan fingerprint density at radius 1 is 0.943 bits per heavy atom. The molecule has 1 aliphatic heterocycles. The largest absolute Gasteiger partial charge is 0.454 e. The molecule has 0 radical (unpaired) electrons. The van der Waals surface area contributed by atoms with Crippen LogP contribution in [-0.2, 0) is 4.79 Å². The molecule has 0 spiro atoms. The van der Waals surface area contributed by atoms with Gasteiger partial charge in [-0.05, 0) is 86.5 Å². The summed E-state index contributed by atoms with van der Waals surface area (Å²) >= 11 is 0. The lowest BCUT2D eigenvalue weighted by molar-refractivity contribution is -0.111. The number of fused-ring (bicyclic) bond motifs is 1. The molecular formula is C26H24N6O3. The highest BCUT2D eigenvalue weighted by atomic mass is 16.7. The molecule has 9 nitrogen and oxygen atoms in total. The Labute approximate surface area is 202 Å². The number of hydrogen-bond acceptors (Lipinski definition) is 7. The maximum Gasteiger partial charge on any atom is 0.248 e. The van der Waals surface area contributed by atoms with Gasteiger partial charge in [0, 0.05) is 23.1 Å². The third kappa shape index (κ3) is 4.84. The highest BCUT2D eigenvalue weighted by Gasteiger charge is 2.13. The Kier molecular flexibility index (Phi) is 5.88. The van der Waals surface area contributed by atoms with Crippen LogP contribution in [-0.4, -0.2) is 32.7 Å². The first-order chi connectivity index (χ1) is 17.0. The van der Waals surface area contributed by atoms with Gasteiger partial charge in [-0.15, -0.1) is 10.2 Å². The fourth-order valence-electron chi connectivity index (χ4n) is 3.61. The molecule has 35 heavy (non-hydrogen) atoms. The van der Waals surface area contributed by atoms with E-state index in [0.29, 0.717) is 28.8 Å². The van der Waals surface area contributed by atoms with Crippen LogP contribution in [0.5, 0.6) is 11.5 Å². The monoisotopic (exact) mass is 468 g/mol. The van der Waals surface area contributed by atoms with Gasteiger partial charge < -0.3 is 20.1 Å². The molecule has 0 saturated heterocycles. The summed E-state index contributed by atoms with van der Waals surface area (Å²) in [4.78, 5) is 12.3. The Balaban J connectivity index is 1.18. The number of nitrogens with one attached hydrogen (secondary N) is 2. The van der Waals surface area contributed by atoms with Gasteiger partial charge in [-0.1, -0.05) is 6.07 Å². The number of benzene rings is 2. The van der Waals surface area contributed by atoms with Crippen molar-refractivity contribution in [1.82, 2.24) is 20.0 Å². The first-order valence-electron chi connectivity index (χ1n) is 11.1. The lowest BCUT2D eigenvalue weighted by atomic mass is 10.2. The zero-order valence-corrected chi connectivity index (χ0v) is 19.6. The summed E-state index contributed by atoms with van der Waals surface area (Å²) < 4.78 is 12.4. The number of carbonyl (C=O) groups is 1. The van der Waals surface area contributed by atoms with E-state index in [1.807, 2.05) is 75.4 Å². The highest BCUT2D eigenvalue weighted by molar-refractivity contribution is 6.02. The normalized spacial score (nSPS) is 12.2. The minimum atomic E-state index is -0.232. The average Bonchev–Trinajstić information content (AvgIpc) is 3.44. The van der Waals surface area contributed by atoms with Crippen molar-refractivity contribution in [3.8, 4) is 17.3 Å². The smallest absolute Gasteiger partial charge is 0.248 e. The molecule has 0 saturated carbocycles. The van der Waals surface area contributed by atoms with Gasteiger partial charge in [0.2, 0.25) is 12.7 Å². The number of aromatic nitrogens is 4. The van der Waals surface area contributed by atoms with Crippen molar-refractivity contribution < 1.29 is 14.3 Å². The molecule has 2 N–H and O–H groups in total. The Morgan fingerprint density at radius 3 is 2.43 bits per heavy atom. The predicted octanol–water partition coefficient (Wildman–Crippen LogP) is 4.71. The van der Waals surface area contributed by atoms with Gasteiger partial charge >= 0.3 is 0 Å². The van der Waals surface area contributed by atoms with Crippen molar-refractivity contribution in [2.75, 3.05) is 17.4 Å². The molecule has 1 amide bonds. The van der Waals surface area contributed by atoms with E-state index in [1.165, 1.54) is 6.08 Å².